The summed E-state index contributed by atoms with van der Waals surface area (Å²) in [5.41, 5.74) is 0. The quantitative estimate of drug-likeness (QED) is 0.837. The van der Waals surface area contributed by atoms with Gasteiger partial charge in [-0.2, -0.15) is 0 Å². The van der Waals surface area contributed by atoms with Crippen molar-refractivity contribution >= 4 is 37.9 Å². The molecular formula is C8H13AsClN4. The molecule has 0 aliphatic carbocycles. The molecule has 0 aliphatic rings. The number of anilines is 1. The van der Waals surface area contributed by atoms with Crippen LogP contribution in [-0.4, -0.2) is 37.2 Å². The van der Waals surface area contributed by atoms with E-state index in [0.29, 0.717) is 10.7 Å². The molecule has 4 nitrogen and oxygen atoms in total. The molecule has 0 aromatic carbocycles. The molecule has 77 valence electrons. The van der Waals surface area contributed by atoms with Crippen LogP contribution in [0.15, 0.2) is 0 Å². The predicted molar refractivity (Wildman–Crippen MR) is 59.5 cm³/mol. The number of hydrogen-bond donors (Lipinski definition) is 1. The summed E-state index contributed by atoms with van der Waals surface area (Å²) in [6.07, 6.45) is 0. The third kappa shape index (κ3) is 3.80. The van der Waals surface area contributed by atoms with Crippen molar-refractivity contribution in [1.29, 1.82) is 0 Å². The van der Waals surface area contributed by atoms with Crippen molar-refractivity contribution in [2.45, 2.75) is 25.5 Å². The van der Waals surface area contributed by atoms with Gasteiger partial charge in [-0.3, -0.25) is 0 Å². The zero-order chi connectivity index (χ0) is 10.6. The van der Waals surface area contributed by atoms with Gasteiger partial charge < -0.3 is 0 Å². The summed E-state index contributed by atoms with van der Waals surface area (Å²) < 4.78 is 1.45. The van der Waals surface area contributed by atoms with E-state index in [9.17, 15) is 0 Å². The molecule has 0 atom stereocenters. The van der Waals surface area contributed by atoms with Gasteiger partial charge in [-0.15, -0.1) is 0 Å². The Morgan fingerprint density at radius 1 is 1.36 bits per heavy atom. The zero-order valence-corrected chi connectivity index (χ0v) is 11.1. The van der Waals surface area contributed by atoms with Crippen molar-refractivity contribution < 1.29 is 0 Å². The Balaban J connectivity index is 2.83. The summed E-state index contributed by atoms with van der Waals surface area (Å²) in [5, 5.41) is 3.31. The first-order valence-electron chi connectivity index (χ1n) is 4.48. The van der Waals surface area contributed by atoms with Gasteiger partial charge in [-0.1, -0.05) is 0 Å². The molecule has 0 unspecified atom stereocenters. The van der Waals surface area contributed by atoms with Crippen LogP contribution in [0.25, 0.3) is 0 Å². The first kappa shape index (κ1) is 11.7. The molecule has 0 saturated carbocycles. The maximum absolute atomic E-state index is 5.78. The van der Waals surface area contributed by atoms with E-state index in [4.69, 9.17) is 11.6 Å². The van der Waals surface area contributed by atoms with Crippen LogP contribution in [0.1, 0.15) is 20.8 Å². The normalized spacial score (nSPS) is 11.5. The Kier molecular flexibility index (Phi) is 4.62. The fourth-order valence-electron chi connectivity index (χ4n) is 0.865. The molecule has 0 amide bonds. The minimum absolute atomic E-state index is 0.0190. The van der Waals surface area contributed by atoms with Crippen LogP contribution in [0, 0.1) is 0 Å². The maximum atomic E-state index is 5.78. The van der Waals surface area contributed by atoms with Gasteiger partial charge in [0.15, 0.2) is 0 Å². The summed E-state index contributed by atoms with van der Waals surface area (Å²) in [4.78, 5) is 12.4. The molecule has 0 saturated heterocycles. The van der Waals surface area contributed by atoms with E-state index in [-0.39, 0.29) is 21.0 Å². The number of rotatable bonds is 4. The van der Waals surface area contributed by atoms with E-state index in [1.165, 1.54) is 0 Å². The second kappa shape index (κ2) is 5.52. The summed E-state index contributed by atoms with van der Waals surface area (Å²) >= 11 is 5.76. The molecule has 1 heterocycles. The van der Waals surface area contributed by atoms with Gasteiger partial charge in [0.2, 0.25) is 0 Å². The summed E-state index contributed by atoms with van der Waals surface area (Å²) in [6, 6.07) is 0. The first-order valence-corrected chi connectivity index (χ1v) is 6.88. The molecule has 14 heavy (non-hydrogen) atoms. The second-order valence-electron chi connectivity index (χ2n) is 2.98. The van der Waals surface area contributed by atoms with Gasteiger partial charge in [-0.05, 0) is 0 Å². The number of halogens is 1. The van der Waals surface area contributed by atoms with E-state index >= 15 is 0 Å². The van der Waals surface area contributed by atoms with Crippen molar-refractivity contribution in [3.8, 4) is 0 Å². The van der Waals surface area contributed by atoms with Crippen molar-refractivity contribution in [3.05, 3.63) is 5.28 Å². The fraction of sp³-hybridized carbons (Fsp3) is 0.625. The van der Waals surface area contributed by atoms with Crippen LogP contribution in [0.2, 0.25) is 9.99 Å². The van der Waals surface area contributed by atoms with Crippen LogP contribution >= 0.6 is 11.6 Å². The van der Waals surface area contributed by atoms with Gasteiger partial charge in [0.05, 0.1) is 0 Å². The molecule has 0 bridgehead atoms. The van der Waals surface area contributed by atoms with E-state index in [2.05, 4.69) is 34.1 Å². The molecule has 1 aromatic rings. The molecule has 0 aliphatic heterocycles. The van der Waals surface area contributed by atoms with Crippen molar-refractivity contribution in [1.82, 2.24) is 15.0 Å². The van der Waals surface area contributed by atoms with Crippen molar-refractivity contribution in [2.24, 2.45) is 0 Å². The summed E-state index contributed by atoms with van der Waals surface area (Å²) in [7, 11) is 0. The molecule has 1 radical (unpaired) electrons. The first-order chi connectivity index (χ1) is 6.61. The minimum atomic E-state index is -0.0190. The van der Waals surface area contributed by atoms with E-state index in [0.717, 1.165) is 11.2 Å². The van der Waals surface area contributed by atoms with Crippen LogP contribution in [0.3, 0.4) is 0 Å². The van der Waals surface area contributed by atoms with Crippen molar-refractivity contribution in [3.63, 3.8) is 0 Å². The Hall–Kier alpha value is -0.342. The molecule has 0 fully saturated rings. The van der Waals surface area contributed by atoms with Gasteiger partial charge in [0.1, 0.15) is 0 Å². The molecule has 1 N–H and O–H groups in total. The average molecular weight is 276 g/mol. The van der Waals surface area contributed by atoms with Gasteiger partial charge in [-0.25, -0.2) is 0 Å². The van der Waals surface area contributed by atoms with E-state index in [1.54, 1.807) is 0 Å². The van der Waals surface area contributed by atoms with Crippen LogP contribution in [0.5, 0.6) is 0 Å². The molecular weight excluding hydrogens is 262 g/mol. The van der Waals surface area contributed by atoms with Gasteiger partial charge in [0, 0.05) is 0 Å². The topological polar surface area (TPSA) is 50.7 Å². The Morgan fingerprint density at radius 2 is 2.07 bits per heavy atom. The Labute approximate surface area is 95.6 Å². The number of nitrogens with one attached hydrogen (secondary N) is 1. The zero-order valence-electron chi connectivity index (χ0n) is 8.45. The van der Waals surface area contributed by atoms with Gasteiger partial charge >= 0.3 is 95.5 Å². The summed E-state index contributed by atoms with van der Waals surface area (Å²) in [5.74, 6) is 0.582. The third-order valence-corrected chi connectivity index (χ3v) is 3.46. The predicted octanol–water partition coefficient (Wildman–Crippen LogP) is 1.11. The van der Waals surface area contributed by atoms with Gasteiger partial charge in [0.25, 0.3) is 0 Å². The Bertz CT molecular complexity index is 305. The standard InChI is InChI=1S/C8H13AsClN4/c1-4-11-8-13-6(9-5(2)3)12-7(10)14-8/h5H,4H2,1-3H3,(H,11,12,13,14). The third-order valence-electron chi connectivity index (χ3n) is 1.30. The molecule has 1 rings (SSSR count). The molecule has 1 aromatic heterocycles. The number of aromatic nitrogens is 3. The number of hydrogen-bond acceptors (Lipinski definition) is 4. The second-order valence-corrected chi connectivity index (χ2v) is 6.87. The fourth-order valence-corrected chi connectivity index (χ4v) is 2.76. The Morgan fingerprint density at radius 3 is 2.64 bits per heavy atom. The van der Waals surface area contributed by atoms with E-state index in [1.807, 2.05) is 6.92 Å². The summed E-state index contributed by atoms with van der Waals surface area (Å²) in [6.45, 7) is 7.10. The van der Waals surface area contributed by atoms with Crippen LogP contribution in [0.4, 0.5) is 5.95 Å². The van der Waals surface area contributed by atoms with Crippen LogP contribution < -0.4 is 9.93 Å². The SMILES string of the molecule is CCNc1nc(Cl)nc([As]C(C)C)n1. The van der Waals surface area contributed by atoms with Crippen molar-refractivity contribution in [2.75, 3.05) is 11.9 Å². The van der Waals surface area contributed by atoms with Crippen LogP contribution in [-0.2, 0) is 0 Å². The number of nitrogens with zero attached hydrogens (tertiary/aromatic N) is 3. The monoisotopic (exact) mass is 275 g/mol. The van der Waals surface area contributed by atoms with E-state index < -0.39 is 0 Å². The molecule has 6 heteroatoms. The molecule has 0 spiro atoms. The average Bonchev–Trinajstić information content (AvgIpc) is 2.01.